The minimum Gasteiger partial charge on any atom is -0.487 e. The van der Waals surface area contributed by atoms with Gasteiger partial charge in [-0.1, -0.05) is 32.0 Å². The Bertz CT molecular complexity index is 1160. The number of aryl methyl sites for hydroxylation is 1. The summed E-state index contributed by atoms with van der Waals surface area (Å²) in [6.45, 7) is 6.04. The number of hydrogen-bond acceptors (Lipinski definition) is 5. The molecule has 2 aromatic carbocycles. The Labute approximate surface area is 181 Å². The molecule has 7 nitrogen and oxygen atoms in total. The van der Waals surface area contributed by atoms with Crippen LogP contribution in [-0.2, 0) is 23.1 Å². The monoisotopic (exact) mass is 443 g/mol. The van der Waals surface area contributed by atoms with Crippen LogP contribution in [0.2, 0.25) is 0 Å². The van der Waals surface area contributed by atoms with Crippen molar-refractivity contribution in [3.05, 3.63) is 77.0 Å². The molecule has 0 saturated heterocycles. The molecule has 1 heterocycles. The summed E-state index contributed by atoms with van der Waals surface area (Å²) in [6, 6.07) is 13.1. The van der Waals surface area contributed by atoms with Crippen LogP contribution in [0.3, 0.4) is 0 Å². The normalized spacial score (nSPS) is 11.5. The fourth-order valence-electron chi connectivity index (χ4n) is 3.08. The fraction of sp³-hybridized carbons (Fsp3) is 0.261. The molecule has 0 aliphatic heterocycles. The van der Waals surface area contributed by atoms with Crippen LogP contribution in [0.25, 0.3) is 0 Å². The lowest BCUT2D eigenvalue weighted by atomic mass is 10.1. The molecule has 1 aromatic heterocycles. The molecular formula is C23H25NO6S. The number of nitrogens with one attached hydrogen (secondary N) is 1. The maximum Gasteiger partial charge on any atom is 0.335 e. The second kappa shape index (κ2) is 9.26. The van der Waals surface area contributed by atoms with Gasteiger partial charge < -0.3 is 14.3 Å². The molecule has 0 amide bonds. The minimum absolute atomic E-state index is 0.100. The first kappa shape index (κ1) is 22.4. The lowest BCUT2D eigenvalue weighted by molar-refractivity contribution is 0.0697. The predicted molar refractivity (Wildman–Crippen MR) is 117 cm³/mol. The number of furan rings is 1. The number of sulfonamides is 1. The number of hydrogen-bond donors (Lipinski definition) is 2. The largest absolute Gasteiger partial charge is 0.487 e. The van der Waals surface area contributed by atoms with Gasteiger partial charge in [-0.2, -0.15) is 8.42 Å². The maximum atomic E-state index is 13.0. The molecule has 3 rings (SSSR count). The molecule has 0 spiro atoms. The van der Waals surface area contributed by atoms with Crippen molar-refractivity contribution in [1.82, 2.24) is 0 Å². The summed E-state index contributed by atoms with van der Waals surface area (Å²) in [5.74, 6) is -0.363. The summed E-state index contributed by atoms with van der Waals surface area (Å²) in [7, 11) is -3.94. The molecule has 2 N–H and O–H groups in total. The molecule has 0 aliphatic carbocycles. The Morgan fingerprint density at radius 2 is 1.84 bits per heavy atom. The van der Waals surface area contributed by atoms with Gasteiger partial charge >= 0.3 is 5.97 Å². The lowest BCUT2D eigenvalue weighted by Crippen LogP contribution is -2.15. The summed E-state index contributed by atoms with van der Waals surface area (Å²) in [5, 5.41) is 8.90. The van der Waals surface area contributed by atoms with Gasteiger partial charge in [-0.25, -0.2) is 4.79 Å². The van der Waals surface area contributed by atoms with E-state index in [0.29, 0.717) is 23.4 Å². The van der Waals surface area contributed by atoms with E-state index >= 15 is 0 Å². The highest BCUT2D eigenvalue weighted by Crippen LogP contribution is 2.30. The number of ether oxygens (including phenoxy) is 1. The van der Waals surface area contributed by atoms with Crippen LogP contribution >= 0.6 is 0 Å². The highest BCUT2D eigenvalue weighted by Gasteiger charge is 2.24. The Morgan fingerprint density at radius 3 is 2.48 bits per heavy atom. The van der Waals surface area contributed by atoms with Crippen LogP contribution in [0.15, 0.2) is 64.3 Å². The van der Waals surface area contributed by atoms with Crippen molar-refractivity contribution in [1.29, 1.82) is 0 Å². The number of anilines is 1. The molecular weight excluding hydrogens is 418 g/mol. The maximum absolute atomic E-state index is 13.0. The van der Waals surface area contributed by atoms with E-state index in [-0.39, 0.29) is 23.2 Å². The van der Waals surface area contributed by atoms with Crippen LogP contribution in [-0.4, -0.2) is 19.5 Å². The van der Waals surface area contributed by atoms with Crippen LogP contribution in [0.5, 0.6) is 5.75 Å². The van der Waals surface area contributed by atoms with E-state index in [4.69, 9.17) is 14.3 Å². The van der Waals surface area contributed by atoms with Gasteiger partial charge in [0.1, 0.15) is 12.4 Å². The van der Waals surface area contributed by atoms with E-state index in [9.17, 15) is 13.2 Å². The van der Waals surface area contributed by atoms with Crippen molar-refractivity contribution >= 4 is 21.7 Å². The van der Waals surface area contributed by atoms with Crippen molar-refractivity contribution in [3.8, 4) is 5.75 Å². The van der Waals surface area contributed by atoms with Crippen LogP contribution in [0.1, 0.15) is 40.9 Å². The molecule has 0 atom stereocenters. The summed E-state index contributed by atoms with van der Waals surface area (Å²) in [4.78, 5) is 11.0. The SMILES string of the molecule is Cc1ccc(NS(=O)(=O)c2occc2CC(C)C)c(OCc2ccc(C(=O)O)cc2)c1. The summed E-state index contributed by atoms with van der Waals surface area (Å²) in [6.07, 6.45) is 1.95. The first-order valence-corrected chi connectivity index (χ1v) is 11.3. The topological polar surface area (TPSA) is 106 Å². The first-order chi connectivity index (χ1) is 14.7. The zero-order valence-corrected chi connectivity index (χ0v) is 18.4. The van der Waals surface area contributed by atoms with Crippen molar-refractivity contribution in [3.63, 3.8) is 0 Å². The zero-order valence-electron chi connectivity index (χ0n) is 17.6. The Hall–Kier alpha value is -3.26. The average molecular weight is 444 g/mol. The van der Waals surface area contributed by atoms with Gasteiger partial charge in [-0.3, -0.25) is 4.72 Å². The van der Waals surface area contributed by atoms with E-state index in [1.165, 1.54) is 18.4 Å². The number of rotatable bonds is 9. The number of carbonyl (C=O) groups is 1. The second-order valence-electron chi connectivity index (χ2n) is 7.73. The zero-order chi connectivity index (χ0) is 22.6. The predicted octanol–water partition coefficient (Wildman–Crippen LogP) is 4.86. The summed E-state index contributed by atoms with van der Waals surface area (Å²) >= 11 is 0. The number of carboxylic acid groups (broad SMARTS) is 1. The summed E-state index contributed by atoms with van der Waals surface area (Å²) < 4.78 is 39.6. The van der Waals surface area contributed by atoms with Gasteiger partial charge in [-0.15, -0.1) is 0 Å². The van der Waals surface area contributed by atoms with Crippen molar-refractivity contribution in [2.45, 2.75) is 38.9 Å². The first-order valence-electron chi connectivity index (χ1n) is 9.80. The van der Waals surface area contributed by atoms with Crippen molar-refractivity contribution < 1.29 is 27.5 Å². The van der Waals surface area contributed by atoms with Gasteiger partial charge in [0.05, 0.1) is 17.5 Å². The number of benzene rings is 2. The van der Waals surface area contributed by atoms with E-state index in [1.54, 1.807) is 36.4 Å². The van der Waals surface area contributed by atoms with E-state index in [0.717, 1.165) is 11.1 Å². The van der Waals surface area contributed by atoms with Gasteiger partial charge in [0, 0.05) is 5.56 Å². The van der Waals surface area contributed by atoms with Crippen LogP contribution in [0, 0.1) is 12.8 Å². The highest BCUT2D eigenvalue weighted by atomic mass is 32.2. The standard InChI is InChI=1S/C23H25NO6S/c1-15(2)12-19-10-11-29-23(19)31(27,28)24-20-9-4-16(3)13-21(20)30-14-17-5-7-18(8-6-17)22(25)26/h4-11,13,15,24H,12,14H2,1-3H3,(H,25,26). The number of aromatic carboxylic acids is 1. The molecule has 0 radical (unpaired) electrons. The molecule has 0 aliphatic rings. The average Bonchev–Trinajstić information content (AvgIpc) is 3.17. The molecule has 8 heteroatoms. The molecule has 0 fully saturated rings. The number of carboxylic acids is 1. The Balaban J connectivity index is 1.81. The molecule has 0 saturated carbocycles. The van der Waals surface area contributed by atoms with Crippen LogP contribution in [0.4, 0.5) is 5.69 Å². The third-order valence-electron chi connectivity index (χ3n) is 4.56. The Kier molecular flexibility index (Phi) is 6.70. The third-order valence-corrected chi connectivity index (χ3v) is 5.89. The minimum atomic E-state index is -3.94. The van der Waals surface area contributed by atoms with Gasteiger partial charge in [-0.05, 0) is 60.7 Å². The third kappa shape index (κ3) is 5.67. The smallest absolute Gasteiger partial charge is 0.335 e. The second-order valence-corrected chi connectivity index (χ2v) is 9.31. The van der Waals surface area contributed by atoms with E-state index < -0.39 is 16.0 Å². The van der Waals surface area contributed by atoms with Crippen molar-refractivity contribution in [2.24, 2.45) is 5.92 Å². The van der Waals surface area contributed by atoms with Gasteiger partial charge in [0.25, 0.3) is 10.0 Å². The molecule has 0 bridgehead atoms. The van der Waals surface area contributed by atoms with Gasteiger partial charge in [0.2, 0.25) is 5.09 Å². The van der Waals surface area contributed by atoms with Crippen LogP contribution < -0.4 is 9.46 Å². The Morgan fingerprint density at radius 1 is 1.13 bits per heavy atom. The summed E-state index contributed by atoms with van der Waals surface area (Å²) in [5.41, 5.74) is 2.75. The molecule has 3 aromatic rings. The quantitative estimate of drug-likeness (QED) is 0.489. The van der Waals surface area contributed by atoms with E-state index in [2.05, 4.69) is 4.72 Å². The molecule has 0 unspecified atom stereocenters. The van der Waals surface area contributed by atoms with E-state index in [1.807, 2.05) is 20.8 Å². The van der Waals surface area contributed by atoms with Crippen molar-refractivity contribution in [2.75, 3.05) is 4.72 Å². The lowest BCUT2D eigenvalue weighted by Gasteiger charge is -2.15. The fourth-order valence-corrected chi connectivity index (χ4v) is 4.31. The molecule has 164 valence electrons. The van der Waals surface area contributed by atoms with Gasteiger partial charge in [0.15, 0.2) is 0 Å². The molecule has 31 heavy (non-hydrogen) atoms. The highest BCUT2D eigenvalue weighted by molar-refractivity contribution is 7.92.